The number of likely N-dealkylation sites (N-methyl/N-ethyl adjacent to an activating group) is 1. The Morgan fingerprint density at radius 3 is 2.15 bits per heavy atom. The molecule has 0 saturated carbocycles. The third-order valence-corrected chi connectivity index (χ3v) is 6.26. The number of esters is 1. The predicted octanol–water partition coefficient (Wildman–Crippen LogP) is 1.71. The molecule has 0 aromatic heterocycles. The van der Waals surface area contributed by atoms with E-state index in [4.69, 9.17) is 4.74 Å². The molecule has 9 nitrogen and oxygen atoms in total. The van der Waals surface area contributed by atoms with Gasteiger partial charge in [-0.05, 0) is 37.6 Å². The minimum Gasteiger partial charge on any atom is -0.463 e. The monoisotopic (exact) mass is 457 g/mol. The third-order valence-electron chi connectivity index (χ3n) is 6.26. The summed E-state index contributed by atoms with van der Waals surface area (Å²) in [5, 5.41) is 0. The summed E-state index contributed by atoms with van der Waals surface area (Å²) in [6.07, 6.45) is 0.0998. The fraction of sp³-hybridized carbons (Fsp3) is 0.542. The van der Waals surface area contributed by atoms with E-state index in [1.54, 1.807) is 24.3 Å². The van der Waals surface area contributed by atoms with Gasteiger partial charge in [-0.25, -0.2) is 0 Å². The molecule has 178 valence electrons. The third kappa shape index (κ3) is 4.68. The molecule has 1 saturated heterocycles. The van der Waals surface area contributed by atoms with Crippen molar-refractivity contribution in [3.63, 3.8) is 0 Å². The number of hydrogen-bond donors (Lipinski definition) is 0. The summed E-state index contributed by atoms with van der Waals surface area (Å²) in [5.74, 6) is -2.47. The number of benzene rings is 1. The van der Waals surface area contributed by atoms with Crippen molar-refractivity contribution < 1.29 is 28.7 Å². The highest BCUT2D eigenvalue weighted by Gasteiger charge is 2.46. The molecule has 0 aliphatic carbocycles. The molecule has 1 aromatic rings. The topological polar surface area (TPSA) is 104 Å². The molecule has 33 heavy (non-hydrogen) atoms. The Balaban J connectivity index is 1.66. The van der Waals surface area contributed by atoms with Gasteiger partial charge in [-0.15, -0.1) is 0 Å². The smallest absolute Gasteiger partial charge is 0.323 e. The number of amides is 4. The van der Waals surface area contributed by atoms with Crippen LogP contribution in [-0.4, -0.2) is 82.6 Å². The maximum Gasteiger partial charge on any atom is 0.323 e. The molecule has 0 spiro atoms. The number of likely N-dealkylation sites (tertiary alicyclic amines) is 1. The first kappa shape index (κ1) is 24.6. The van der Waals surface area contributed by atoms with Crippen molar-refractivity contribution in [1.29, 1.82) is 0 Å². The van der Waals surface area contributed by atoms with Crippen LogP contribution in [0.4, 0.5) is 0 Å². The van der Waals surface area contributed by atoms with Crippen LogP contribution in [0, 0.1) is 5.92 Å². The van der Waals surface area contributed by atoms with E-state index in [1.807, 2.05) is 32.6 Å². The second-order valence-electron chi connectivity index (χ2n) is 8.54. The van der Waals surface area contributed by atoms with Crippen LogP contribution in [0.3, 0.4) is 0 Å². The quantitative estimate of drug-likeness (QED) is 0.411. The van der Waals surface area contributed by atoms with Crippen molar-refractivity contribution in [3.8, 4) is 0 Å². The highest BCUT2D eigenvalue weighted by Crippen LogP contribution is 2.29. The molecular formula is C24H31N3O6. The number of nitrogens with zero attached hydrogens (tertiary/aromatic N) is 3. The van der Waals surface area contributed by atoms with Gasteiger partial charge in [0.2, 0.25) is 5.91 Å². The molecule has 0 bridgehead atoms. The van der Waals surface area contributed by atoms with Crippen LogP contribution in [0.1, 0.15) is 61.3 Å². The maximum atomic E-state index is 13.1. The van der Waals surface area contributed by atoms with Crippen LogP contribution >= 0.6 is 0 Å². The molecule has 2 atom stereocenters. The number of ether oxygens (including phenoxy) is 1. The molecule has 3 rings (SSSR count). The van der Waals surface area contributed by atoms with E-state index in [0.717, 1.165) is 9.80 Å². The lowest BCUT2D eigenvalue weighted by atomic mass is 10.0. The maximum absolute atomic E-state index is 13.1. The molecular weight excluding hydrogens is 426 g/mol. The minimum absolute atomic E-state index is 0.0197. The SMILES string of the molecule is CCN(CC)[C@H](C(=O)OCCN1C(=O)CCC(N2C(=O)c3ccccc3C2=O)C1=O)C(C)C. The first-order valence-electron chi connectivity index (χ1n) is 11.4. The summed E-state index contributed by atoms with van der Waals surface area (Å²) in [4.78, 5) is 67.7. The van der Waals surface area contributed by atoms with E-state index in [0.29, 0.717) is 13.1 Å². The van der Waals surface area contributed by atoms with E-state index in [9.17, 15) is 24.0 Å². The molecule has 2 aliphatic rings. The average molecular weight is 458 g/mol. The Labute approximate surface area is 193 Å². The molecule has 1 fully saturated rings. The average Bonchev–Trinajstić information content (AvgIpc) is 3.04. The molecule has 2 aliphatic heterocycles. The second kappa shape index (κ2) is 10.2. The van der Waals surface area contributed by atoms with Crippen molar-refractivity contribution >= 4 is 29.6 Å². The van der Waals surface area contributed by atoms with Gasteiger partial charge in [0.25, 0.3) is 17.7 Å². The van der Waals surface area contributed by atoms with Gasteiger partial charge in [0.05, 0.1) is 17.7 Å². The first-order valence-corrected chi connectivity index (χ1v) is 11.4. The van der Waals surface area contributed by atoms with Crippen LogP contribution in [0.2, 0.25) is 0 Å². The highest BCUT2D eigenvalue weighted by atomic mass is 16.5. The summed E-state index contributed by atoms with van der Waals surface area (Å²) >= 11 is 0. The molecule has 1 unspecified atom stereocenters. The van der Waals surface area contributed by atoms with Crippen molar-refractivity contribution in [1.82, 2.24) is 14.7 Å². The van der Waals surface area contributed by atoms with Gasteiger partial charge in [-0.1, -0.05) is 39.8 Å². The normalized spacial score (nSPS) is 19.5. The summed E-state index contributed by atoms with van der Waals surface area (Å²) in [6, 6.07) is 4.94. The lowest BCUT2D eigenvalue weighted by molar-refractivity contribution is -0.158. The Hall–Kier alpha value is -3.07. The van der Waals surface area contributed by atoms with Crippen LogP contribution < -0.4 is 0 Å². The molecule has 4 amide bonds. The lowest BCUT2D eigenvalue weighted by Crippen LogP contribution is -2.56. The van der Waals surface area contributed by atoms with Crippen molar-refractivity contribution in [2.75, 3.05) is 26.2 Å². The van der Waals surface area contributed by atoms with Crippen LogP contribution in [-0.2, 0) is 19.1 Å². The van der Waals surface area contributed by atoms with Crippen LogP contribution in [0.15, 0.2) is 24.3 Å². The van der Waals surface area contributed by atoms with Gasteiger partial charge in [0.1, 0.15) is 18.7 Å². The summed E-state index contributed by atoms with van der Waals surface area (Å²) < 4.78 is 5.43. The lowest BCUT2D eigenvalue weighted by Gasteiger charge is -2.34. The van der Waals surface area contributed by atoms with E-state index >= 15 is 0 Å². The van der Waals surface area contributed by atoms with E-state index < -0.39 is 41.7 Å². The molecule has 9 heteroatoms. The fourth-order valence-electron chi connectivity index (χ4n) is 4.57. The Morgan fingerprint density at radius 1 is 1.06 bits per heavy atom. The number of piperidine rings is 1. The number of carbonyl (C=O) groups excluding carboxylic acids is 5. The van der Waals surface area contributed by atoms with E-state index in [-0.39, 0.29) is 43.0 Å². The summed E-state index contributed by atoms with van der Waals surface area (Å²) in [7, 11) is 0. The van der Waals surface area contributed by atoms with Crippen molar-refractivity contribution in [3.05, 3.63) is 35.4 Å². The standard InChI is InChI=1S/C24H31N3O6/c1-5-25(6-2)20(15(3)4)24(32)33-14-13-26-19(28)12-11-18(23(26)31)27-21(29)16-9-7-8-10-17(16)22(27)30/h7-10,15,18,20H,5-6,11-14H2,1-4H3/t18?,20-/m0/s1. The molecule has 0 radical (unpaired) electrons. The summed E-state index contributed by atoms with van der Waals surface area (Å²) in [5.41, 5.74) is 0.507. The van der Waals surface area contributed by atoms with Gasteiger partial charge < -0.3 is 4.74 Å². The number of rotatable bonds is 9. The molecule has 1 aromatic carbocycles. The predicted molar refractivity (Wildman–Crippen MR) is 119 cm³/mol. The Kier molecular flexibility index (Phi) is 7.63. The summed E-state index contributed by atoms with van der Waals surface area (Å²) in [6.45, 7) is 8.94. The number of carbonyl (C=O) groups is 5. The van der Waals surface area contributed by atoms with Crippen LogP contribution in [0.5, 0.6) is 0 Å². The van der Waals surface area contributed by atoms with Gasteiger partial charge >= 0.3 is 5.97 Å². The number of hydrogen-bond acceptors (Lipinski definition) is 7. The Bertz CT molecular complexity index is 920. The fourth-order valence-corrected chi connectivity index (χ4v) is 4.57. The zero-order valence-corrected chi connectivity index (χ0v) is 19.6. The van der Waals surface area contributed by atoms with Gasteiger partial charge in [0, 0.05) is 6.42 Å². The van der Waals surface area contributed by atoms with Crippen molar-refractivity contribution in [2.45, 2.75) is 52.6 Å². The van der Waals surface area contributed by atoms with Gasteiger partial charge in [-0.3, -0.25) is 38.7 Å². The minimum atomic E-state index is -1.05. The van der Waals surface area contributed by atoms with Crippen LogP contribution in [0.25, 0.3) is 0 Å². The van der Waals surface area contributed by atoms with E-state index in [1.165, 1.54) is 0 Å². The van der Waals surface area contributed by atoms with Crippen molar-refractivity contribution in [2.24, 2.45) is 5.92 Å². The second-order valence-corrected chi connectivity index (χ2v) is 8.54. The largest absolute Gasteiger partial charge is 0.463 e. The zero-order valence-electron chi connectivity index (χ0n) is 19.6. The molecule has 0 N–H and O–H groups in total. The highest BCUT2D eigenvalue weighted by molar-refractivity contribution is 6.23. The number of imide groups is 2. The zero-order chi connectivity index (χ0) is 24.3. The first-order chi connectivity index (χ1) is 15.7. The van der Waals surface area contributed by atoms with Gasteiger partial charge in [0.15, 0.2) is 0 Å². The van der Waals surface area contributed by atoms with Gasteiger partial charge in [-0.2, -0.15) is 0 Å². The van der Waals surface area contributed by atoms with E-state index in [2.05, 4.69) is 0 Å². The number of fused-ring (bicyclic) bond motifs is 1. The Morgan fingerprint density at radius 2 is 1.64 bits per heavy atom. The molecule has 2 heterocycles.